The van der Waals surface area contributed by atoms with Crippen LogP contribution < -0.4 is 4.72 Å². The Balaban J connectivity index is 1.98. The summed E-state index contributed by atoms with van der Waals surface area (Å²) in [4.78, 5) is 13.0. The molecule has 1 heterocycles. The first-order valence-corrected chi connectivity index (χ1v) is 7.87. The molecular weight excluding hydrogens is 280 g/mol. The molecule has 7 heteroatoms. The average Bonchev–Trinajstić information content (AvgIpc) is 2.74. The number of nitrogens with zero attached hydrogens (tertiary/aromatic N) is 1. The van der Waals surface area contributed by atoms with Crippen LogP contribution >= 0.6 is 0 Å². The van der Waals surface area contributed by atoms with Crippen LogP contribution in [-0.4, -0.2) is 45.7 Å². The number of benzene rings is 1. The summed E-state index contributed by atoms with van der Waals surface area (Å²) in [5.41, 5.74) is 1.72. The second kappa shape index (κ2) is 5.80. The third-order valence-electron chi connectivity index (χ3n) is 3.14. The van der Waals surface area contributed by atoms with Crippen LogP contribution in [0.2, 0.25) is 0 Å². The van der Waals surface area contributed by atoms with Crippen molar-refractivity contribution in [1.29, 1.82) is 0 Å². The molecule has 1 N–H and O–H groups in total. The Labute approximate surface area is 118 Å². The van der Waals surface area contributed by atoms with Crippen LogP contribution in [0.5, 0.6) is 0 Å². The van der Waals surface area contributed by atoms with Crippen LogP contribution in [0, 0.1) is 13.8 Å². The van der Waals surface area contributed by atoms with Crippen LogP contribution in [0.3, 0.4) is 0 Å². The maximum atomic E-state index is 12.2. The molecule has 0 saturated carbocycles. The minimum Gasteiger partial charge on any atom is -0.448 e. The Bertz CT molecular complexity index is 613. The molecule has 0 spiro atoms. The van der Waals surface area contributed by atoms with Crippen molar-refractivity contribution in [3.05, 3.63) is 29.3 Å². The molecule has 0 aromatic heterocycles. The number of carbonyl (C=O) groups excluding carboxylic acids is 1. The van der Waals surface area contributed by atoms with Gasteiger partial charge in [0.15, 0.2) is 0 Å². The number of amides is 1. The van der Waals surface area contributed by atoms with Gasteiger partial charge in [0.2, 0.25) is 10.0 Å². The molecule has 1 aliphatic rings. The molecule has 6 nitrogen and oxygen atoms in total. The number of cyclic esters (lactones) is 1. The molecule has 1 saturated heterocycles. The Morgan fingerprint density at radius 3 is 2.70 bits per heavy atom. The summed E-state index contributed by atoms with van der Waals surface area (Å²) in [6.45, 7) is 5.02. The second-order valence-electron chi connectivity index (χ2n) is 4.77. The standard InChI is InChI=1S/C13H18N2O4S/c1-10-3-4-12(11(2)9-10)20(17,18)14-5-6-15-7-8-19-13(15)16/h3-4,9,14H,5-8H2,1-2H3. The van der Waals surface area contributed by atoms with Gasteiger partial charge in [0.1, 0.15) is 6.61 Å². The summed E-state index contributed by atoms with van der Waals surface area (Å²) in [6.07, 6.45) is -0.393. The van der Waals surface area contributed by atoms with Gasteiger partial charge < -0.3 is 9.64 Å². The van der Waals surface area contributed by atoms with Gasteiger partial charge in [0.05, 0.1) is 11.4 Å². The molecule has 1 aromatic carbocycles. The molecule has 1 aromatic rings. The van der Waals surface area contributed by atoms with E-state index in [4.69, 9.17) is 4.74 Å². The van der Waals surface area contributed by atoms with Gasteiger partial charge >= 0.3 is 6.09 Å². The highest BCUT2D eigenvalue weighted by molar-refractivity contribution is 7.89. The zero-order valence-electron chi connectivity index (χ0n) is 11.5. The first kappa shape index (κ1) is 14.8. The van der Waals surface area contributed by atoms with E-state index in [2.05, 4.69) is 4.72 Å². The number of carbonyl (C=O) groups is 1. The van der Waals surface area contributed by atoms with E-state index in [0.29, 0.717) is 25.3 Å². The Morgan fingerprint density at radius 2 is 2.10 bits per heavy atom. The van der Waals surface area contributed by atoms with Crippen molar-refractivity contribution in [2.45, 2.75) is 18.7 Å². The number of hydrogen-bond donors (Lipinski definition) is 1. The summed E-state index contributed by atoms with van der Waals surface area (Å²) in [7, 11) is -3.55. The molecule has 0 unspecified atom stereocenters. The minimum atomic E-state index is -3.55. The van der Waals surface area contributed by atoms with Gasteiger partial charge in [-0.2, -0.15) is 0 Å². The summed E-state index contributed by atoms with van der Waals surface area (Å²) >= 11 is 0. The van der Waals surface area contributed by atoms with Gasteiger partial charge in [-0.3, -0.25) is 0 Å². The fraction of sp³-hybridized carbons (Fsp3) is 0.462. The summed E-state index contributed by atoms with van der Waals surface area (Å²) in [5.74, 6) is 0. The summed E-state index contributed by atoms with van der Waals surface area (Å²) in [5, 5.41) is 0. The SMILES string of the molecule is Cc1ccc(S(=O)(=O)NCCN2CCOC2=O)c(C)c1. The first-order chi connectivity index (χ1) is 9.40. The van der Waals surface area contributed by atoms with Crippen LogP contribution in [-0.2, 0) is 14.8 Å². The molecule has 0 aliphatic carbocycles. The largest absolute Gasteiger partial charge is 0.448 e. The third kappa shape index (κ3) is 3.29. The normalized spacial score (nSPS) is 15.5. The van der Waals surface area contributed by atoms with E-state index in [-0.39, 0.29) is 11.4 Å². The molecule has 0 radical (unpaired) electrons. The van der Waals surface area contributed by atoms with Gasteiger partial charge in [-0.05, 0) is 25.5 Å². The zero-order chi connectivity index (χ0) is 14.8. The van der Waals surface area contributed by atoms with Crippen molar-refractivity contribution < 1.29 is 17.9 Å². The smallest absolute Gasteiger partial charge is 0.409 e. The highest BCUT2D eigenvalue weighted by Crippen LogP contribution is 2.16. The maximum Gasteiger partial charge on any atom is 0.409 e. The Morgan fingerprint density at radius 1 is 1.35 bits per heavy atom. The van der Waals surface area contributed by atoms with Gasteiger partial charge in [-0.25, -0.2) is 17.9 Å². The fourth-order valence-electron chi connectivity index (χ4n) is 2.12. The van der Waals surface area contributed by atoms with Crippen molar-refractivity contribution >= 4 is 16.1 Å². The fourth-order valence-corrected chi connectivity index (χ4v) is 3.37. The van der Waals surface area contributed by atoms with E-state index < -0.39 is 16.1 Å². The first-order valence-electron chi connectivity index (χ1n) is 6.39. The maximum absolute atomic E-state index is 12.2. The quantitative estimate of drug-likeness (QED) is 0.881. The van der Waals surface area contributed by atoms with Crippen molar-refractivity contribution in [2.75, 3.05) is 26.2 Å². The minimum absolute atomic E-state index is 0.171. The molecule has 1 fully saturated rings. The number of rotatable bonds is 5. The molecule has 1 amide bonds. The molecule has 1 aliphatic heterocycles. The lowest BCUT2D eigenvalue weighted by Gasteiger charge is -2.14. The molecular formula is C13H18N2O4S. The molecule has 0 atom stereocenters. The van der Waals surface area contributed by atoms with Gasteiger partial charge in [-0.1, -0.05) is 17.7 Å². The van der Waals surface area contributed by atoms with E-state index >= 15 is 0 Å². The Kier molecular flexibility index (Phi) is 4.29. The van der Waals surface area contributed by atoms with E-state index in [1.54, 1.807) is 19.1 Å². The molecule has 0 bridgehead atoms. The number of sulfonamides is 1. The van der Waals surface area contributed by atoms with E-state index in [1.165, 1.54) is 4.90 Å². The van der Waals surface area contributed by atoms with E-state index in [0.717, 1.165) is 5.56 Å². The summed E-state index contributed by atoms with van der Waals surface area (Å²) < 4.78 is 31.6. The third-order valence-corrected chi connectivity index (χ3v) is 4.76. The predicted molar refractivity (Wildman–Crippen MR) is 74.0 cm³/mol. The molecule has 110 valence electrons. The number of aryl methyl sites for hydroxylation is 2. The highest BCUT2D eigenvalue weighted by Gasteiger charge is 2.22. The van der Waals surface area contributed by atoms with Gasteiger partial charge in [0.25, 0.3) is 0 Å². The lowest BCUT2D eigenvalue weighted by Crippen LogP contribution is -2.35. The topological polar surface area (TPSA) is 75.7 Å². The van der Waals surface area contributed by atoms with Gasteiger partial charge in [0, 0.05) is 13.1 Å². The predicted octanol–water partition coefficient (Wildman–Crippen LogP) is 1.03. The van der Waals surface area contributed by atoms with Crippen molar-refractivity contribution in [2.24, 2.45) is 0 Å². The Hall–Kier alpha value is -1.60. The number of ether oxygens (including phenoxy) is 1. The zero-order valence-corrected chi connectivity index (χ0v) is 12.4. The van der Waals surface area contributed by atoms with Crippen molar-refractivity contribution in [3.63, 3.8) is 0 Å². The number of nitrogens with one attached hydrogen (secondary N) is 1. The second-order valence-corrected chi connectivity index (χ2v) is 6.50. The lowest BCUT2D eigenvalue weighted by molar-refractivity contribution is 0.159. The number of hydrogen-bond acceptors (Lipinski definition) is 4. The van der Waals surface area contributed by atoms with Gasteiger partial charge in [-0.15, -0.1) is 0 Å². The van der Waals surface area contributed by atoms with Crippen molar-refractivity contribution in [3.8, 4) is 0 Å². The highest BCUT2D eigenvalue weighted by atomic mass is 32.2. The van der Waals surface area contributed by atoms with Crippen molar-refractivity contribution in [1.82, 2.24) is 9.62 Å². The molecule has 2 rings (SSSR count). The lowest BCUT2D eigenvalue weighted by atomic mass is 10.2. The van der Waals surface area contributed by atoms with E-state index in [9.17, 15) is 13.2 Å². The van der Waals surface area contributed by atoms with Crippen LogP contribution in [0.25, 0.3) is 0 Å². The van der Waals surface area contributed by atoms with Crippen LogP contribution in [0.4, 0.5) is 4.79 Å². The summed E-state index contributed by atoms with van der Waals surface area (Å²) in [6, 6.07) is 5.18. The monoisotopic (exact) mass is 298 g/mol. The van der Waals surface area contributed by atoms with E-state index in [1.807, 2.05) is 13.0 Å². The van der Waals surface area contributed by atoms with Crippen LogP contribution in [0.15, 0.2) is 23.1 Å². The average molecular weight is 298 g/mol. The van der Waals surface area contributed by atoms with Crippen LogP contribution in [0.1, 0.15) is 11.1 Å². The molecule has 20 heavy (non-hydrogen) atoms.